The van der Waals surface area contributed by atoms with Crippen LogP contribution in [0.25, 0.3) is 0 Å². The van der Waals surface area contributed by atoms with E-state index in [9.17, 15) is 19.5 Å². The van der Waals surface area contributed by atoms with Gasteiger partial charge in [0.25, 0.3) is 5.91 Å². The zero-order valence-electron chi connectivity index (χ0n) is 19.1. The third kappa shape index (κ3) is 6.68. The number of carboxylic acid groups (broad SMARTS) is 1. The lowest BCUT2D eigenvalue weighted by molar-refractivity contribution is -0.115. The maximum Gasteiger partial charge on any atom is 0.337 e. The number of hydrogen-bond donors (Lipinski definition) is 3. The average molecular weight is 515 g/mol. The minimum atomic E-state index is -1.17. The summed E-state index contributed by atoms with van der Waals surface area (Å²) in [6.45, 7) is 1.74. The monoisotopic (exact) mass is 514 g/mol. The molecule has 3 N–H and O–H groups in total. The number of thioether (sulfide) groups is 1. The van der Waals surface area contributed by atoms with Gasteiger partial charge in [-0.25, -0.2) is 4.79 Å². The predicted molar refractivity (Wildman–Crippen MR) is 136 cm³/mol. The molecule has 0 aliphatic carbocycles. The summed E-state index contributed by atoms with van der Waals surface area (Å²) in [6, 6.07) is 16.2. The molecule has 10 heteroatoms. The number of nitrogens with one attached hydrogen (secondary N) is 2. The van der Waals surface area contributed by atoms with Crippen molar-refractivity contribution >= 4 is 52.5 Å². The van der Waals surface area contributed by atoms with Crippen molar-refractivity contribution in [2.75, 3.05) is 24.9 Å². The molecule has 3 aromatic rings. The Morgan fingerprint density at radius 1 is 0.886 bits per heavy atom. The Labute approximate surface area is 211 Å². The molecule has 1 unspecified atom stereocenters. The molecule has 0 saturated heterocycles. The van der Waals surface area contributed by atoms with Crippen LogP contribution in [0.5, 0.6) is 11.5 Å². The van der Waals surface area contributed by atoms with Crippen molar-refractivity contribution in [3.05, 3.63) is 76.8 Å². The molecule has 3 aromatic carbocycles. The van der Waals surface area contributed by atoms with Crippen LogP contribution in [0.1, 0.15) is 27.6 Å². The minimum Gasteiger partial charge on any atom is -0.493 e. The van der Waals surface area contributed by atoms with Crippen LogP contribution >= 0.6 is 23.4 Å². The Morgan fingerprint density at radius 3 is 2.17 bits per heavy atom. The van der Waals surface area contributed by atoms with Crippen molar-refractivity contribution in [2.45, 2.75) is 17.1 Å². The SMILES string of the molecule is COc1ccc(C(=O)Nc2ccc(SC(C)C(=O)Nc3ccc(Cl)c(C(=O)O)c3)cc2)cc1OC. The van der Waals surface area contributed by atoms with Crippen LogP contribution in [0.3, 0.4) is 0 Å². The lowest BCUT2D eigenvalue weighted by atomic mass is 10.2. The van der Waals surface area contributed by atoms with Crippen LogP contribution in [0.15, 0.2) is 65.6 Å². The zero-order chi connectivity index (χ0) is 25.5. The van der Waals surface area contributed by atoms with Gasteiger partial charge in [0, 0.05) is 21.8 Å². The fraction of sp³-hybridized carbons (Fsp3) is 0.160. The van der Waals surface area contributed by atoms with Crippen LogP contribution in [-0.2, 0) is 4.79 Å². The van der Waals surface area contributed by atoms with Crippen LogP contribution in [0, 0.1) is 0 Å². The van der Waals surface area contributed by atoms with Gasteiger partial charge in [-0.2, -0.15) is 0 Å². The second kappa shape index (κ2) is 11.6. The molecule has 0 heterocycles. The largest absolute Gasteiger partial charge is 0.493 e. The number of hydrogen-bond acceptors (Lipinski definition) is 6. The standard InChI is InChI=1S/C25H23ClN2O6S/c1-14(23(29)28-17-7-10-20(26)19(13-17)25(31)32)35-18-8-5-16(6-9-18)27-24(30)15-4-11-21(33-2)22(12-15)34-3/h4-14H,1-3H3,(H,27,30)(H,28,29)(H,31,32). The van der Waals surface area contributed by atoms with Crippen molar-refractivity contribution in [3.8, 4) is 11.5 Å². The Balaban J connectivity index is 1.60. The lowest BCUT2D eigenvalue weighted by Gasteiger charge is -2.13. The fourth-order valence-electron chi connectivity index (χ4n) is 3.07. The summed E-state index contributed by atoms with van der Waals surface area (Å²) in [7, 11) is 3.02. The lowest BCUT2D eigenvalue weighted by Crippen LogP contribution is -2.22. The van der Waals surface area contributed by atoms with Crippen LogP contribution in [-0.4, -0.2) is 42.4 Å². The van der Waals surface area contributed by atoms with E-state index in [1.807, 2.05) is 0 Å². The summed E-state index contributed by atoms with van der Waals surface area (Å²) in [6.07, 6.45) is 0. The van der Waals surface area contributed by atoms with Gasteiger partial charge in [0.05, 0.1) is 30.1 Å². The van der Waals surface area contributed by atoms with Gasteiger partial charge in [-0.1, -0.05) is 11.6 Å². The van der Waals surface area contributed by atoms with E-state index in [-0.39, 0.29) is 22.4 Å². The molecule has 0 aliphatic rings. The van der Waals surface area contributed by atoms with Crippen molar-refractivity contribution in [2.24, 2.45) is 0 Å². The quantitative estimate of drug-likeness (QED) is 0.326. The van der Waals surface area contributed by atoms with Crippen molar-refractivity contribution < 1.29 is 29.0 Å². The van der Waals surface area contributed by atoms with Gasteiger partial charge in [0.2, 0.25) is 5.91 Å². The Bertz CT molecular complexity index is 1250. The van der Waals surface area contributed by atoms with Crippen LogP contribution < -0.4 is 20.1 Å². The van der Waals surface area contributed by atoms with Gasteiger partial charge in [0.15, 0.2) is 11.5 Å². The Hall–Kier alpha value is -3.69. The number of halogens is 1. The highest BCUT2D eigenvalue weighted by atomic mass is 35.5. The molecule has 0 aliphatic heterocycles. The number of carboxylic acids is 1. The zero-order valence-corrected chi connectivity index (χ0v) is 20.7. The van der Waals surface area contributed by atoms with Gasteiger partial charge < -0.3 is 25.2 Å². The van der Waals surface area contributed by atoms with Crippen molar-refractivity contribution in [1.29, 1.82) is 0 Å². The molecule has 8 nitrogen and oxygen atoms in total. The number of methoxy groups -OCH3 is 2. The molecule has 0 bridgehead atoms. The number of anilines is 2. The van der Waals surface area contributed by atoms with E-state index in [4.69, 9.17) is 21.1 Å². The predicted octanol–water partition coefficient (Wildman–Crippen LogP) is 5.43. The van der Waals surface area contributed by atoms with Gasteiger partial charge >= 0.3 is 5.97 Å². The molecule has 0 radical (unpaired) electrons. The number of aromatic carboxylic acids is 1. The molecule has 1 atom stereocenters. The first kappa shape index (κ1) is 25.9. The Morgan fingerprint density at radius 2 is 1.54 bits per heavy atom. The summed E-state index contributed by atoms with van der Waals surface area (Å²) >= 11 is 7.19. The second-order valence-electron chi connectivity index (χ2n) is 7.30. The smallest absolute Gasteiger partial charge is 0.337 e. The second-order valence-corrected chi connectivity index (χ2v) is 9.12. The van der Waals surface area contributed by atoms with Crippen molar-refractivity contribution in [1.82, 2.24) is 0 Å². The highest BCUT2D eigenvalue weighted by molar-refractivity contribution is 8.00. The molecule has 2 amide bonds. The van der Waals surface area contributed by atoms with Gasteiger partial charge in [-0.3, -0.25) is 9.59 Å². The van der Waals surface area contributed by atoms with Crippen LogP contribution in [0.2, 0.25) is 5.02 Å². The van der Waals surface area contributed by atoms with E-state index < -0.39 is 11.2 Å². The van der Waals surface area contributed by atoms with Gasteiger partial charge in [-0.15, -0.1) is 11.8 Å². The number of carbonyl (C=O) groups excluding carboxylic acids is 2. The molecule has 0 fully saturated rings. The van der Waals surface area contributed by atoms with Gasteiger partial charge in [-0.05, 0) is 67.6 Å². The number of amides is 2. The van der Waals surface area contributed by atoms with E-state index in [1.54, 1.807) is 55.5 Å². The van der Waals surface area contributed by atoms with E-state index in [1.165, 1.54) is 38.1 Å². The molecule has 0 aromatic heterocycles. The summed E-state index contributed by atoms with van der Waals surface area (Å²) in [5.41, 5.74) is 1.27. The minimum absolute atomic E-state index is 0.0875. The average Bonchev–Trinajstić information content (AvgIpc) is 2.85. The molecular formula is C25H23ClN2O6S. The highest BCUT2D eigenvalue weighted by Crippen LogP contribution is 2.29. The van der Waals surface area contributed by atoms with E-state index in [2.05, 4.69) is 10.6 Å². The van der Waals surface area contributed by atoms with E-state index in [0.717, 1.165) is 4.90 Å². The first-order valence-electron chi connectivity index (χ1n) is 10.4. The molecule has 182 valence electrons. The van der Waals surface area contributed by atoms with E-state index >= 15 is 0 Å². The number of benzene rings is 3. The third-order valence-corrected chi connectivity index (χ3v) is 6.35. The number of carbonyl (C=O) groups is 3. The maximum atomic E-state index is 12.6. The van der Waals surface area contributed by atoms with E-state index in [0.29, 0.717) is 28.4 Å². The molecule has 0 spiro atoms. The van der Waals surface area contributed by atoms with Gasteiger partial charge in [0.1, 0.15) is 0 Å². The number of ether oxygens (including phenoxy) is 2. The first-order chi connectivity index (χ1) is 16.7. The van der Waals surface area contributed by atoms with Crippen LogP contribution in [0.4, 0.5) is 11.4 Å². The summed E-state index contributed by atoms with van der Waals surface area (Å²) in [5, 5.41) is 14.3. The summed E-state index contributed by atoms with van der Waals surface area (Å²) < 4.78 is 10.4. The maximum absolute atomic E-state index is 12.6. The molecule has 35 heavy (non-hydrogen) atoms. The molecular weight excluding hydrogens is 492 g/mol. The topological polar surface area (TPSA) is 114 Å². The first-order valence-corrected chi connectivity index (χ1v) is 11.6. The summed E-state index contributed by atoms with van der Waals surface area (Å²) in [4.78, 5) is 37.2. The normalized spacial score (nSPS) is 11.3. The molecule has 0 saturated carbocycles. The third-order valence-electron chi connectivity index (χ3n) is 4.90. The Kier molecular flexibility index (Phi) is 8.62. The fourth-order valence-corrected chi connectivity index (χ4v) is 4.13. The van der Waals surface area contributed by atoms with Crippen molar-refractivity contribution in [3.63, 3.8) is 0 Å². The molecule has 3 rings (SSSR count). The number of rotatable bonds is 9. The summed E-state index contributed by atoms with van der Waals surface area (Å²) in [5.74, 6) is -0.784. The highest BCUT2D eigenvalue weighted by Gasteiger charge is 2.17.